The Morgan fingerprint density at radius 2 is 1.83 bits per heavy atom. The number of benzene rings is 1. The predicted molar refractivity (Wildman–Crippen MR) is 86.9 cm³/mol. The summed E-state index contributed by atoms with van der Waals surface area (Å²) >= 11 is 0.446. The van der Waals surface area contributed by atoms with Crippen molar-refractivity contribution < 1.29 is 23.1 Å². The molecule has 2 aliphatic rings. The van der Waals surface area contributed by atoms with E-state index in [0.717, 1.165) is 0 Å². The molecule has 0 unspecified atom stereocenters. The van der Waals surface area contributed by atoms with Crippen molar-refractivity contribution in [1.82, 2.24) is 0 Å². The summed E-state index contributed by atoms with van der Waals surface area (Å²) in [5.41, 5.74) is -1.98. The lowest BCUT2D eigenvalue weighted by atomic mass is 9.66. The van der Waals surface area contributed by atoms with Crippen molar-refractivity contribution in [2.75, 3.05) is 5.32 Å². The number of carbonyl (C=O) groups is 2. The first-order valence-electron chi connectivity index (χ1n) is 7.72. The van der Waals surface area contributed by atoms with Gasteiger partial charge in [-0.25, -0.2) is 0 Å². The summed E-state index contributed by atoms with van der Waals surface area (Å²) in [7, 11) is 0. The van der Waals surface area contributed by atoms with Gasteiger partial charge in [0.05, 0.1) is 5.41 Å². The smallest absolute Gasteiger partial charge is 0.313 e. The van der Waals surface area contributed by atoms with Gasteiger partial charge in [0, 0.05) is 16.0 Å². The molecule has 1 N–H and O–H groups in total. The largest absolute Gasteiger partial charge is 0.448 e. The summed E-state index contributed by atoms with van der Waals surface area (Å²) in [5.74, 6) is -3.19. The van der Waals surface area contributed by atoms with Crippen LogP contribution >= 0.6 is 11.8 Å². The van der Waals surface area contributed by atoms with Crippen molar-refractivity contribution in [3.8, 4) is 0 Å². The fourth-order valence-electron chi connectivity index (χ4n) is 3.70. The molecule has 2 fully saturated rings. The highest BCUT2D eigenvalue weighted by atomic mass is 32.2. The molecule has 1 saturated carbocycles. The molecule has 1 aromatic carbocycles. The molecule has 130 valence electrons. The Kier molecular flexibility index (Phi) is 3.90. The number of carbonyl (C=O) groups excluding carboxylic acids is 2. The maximum Gasteiger partial charge on any atom is 0.313 e. The van der Waals surface area contributed by atoms with E-state index in [1.165, 1.54) is 12.1 Å². The number of amides is 1. The third kappa shape index (κ3) is 2.24. The Morgan fingerprint density at radius 1 is 1.21 bits per heavy atom. The molecule has 1 saturated heterocycles. The van der Waals surface area contributed by atoms with E-state index in [1.54, 1.807) is 12.1 Å². The van der Waals surface area contributed by atoms with E-state index in [-0.39, 0.29) is 11.9 Å². The van der Waals surface area contributed by atoms with Gasteiger partial charge in [-0.1, -0.05) is 25.6 Å². The van der Waals surface area contributed by atoms with Gasteiger partial charge in [-0.05, 0) is 44.0 Å². The van der Waals surface area contributed by atoms with Crippen LogP contribution in [0.5, 0.6) is 0 Å². The average molecular weight is 355 g/mol. The van der Waals surface area contributed by atoms with E-state index in [9.17, 15) is 18.4 Å². The van der Waals surface area contributed by atoms with Crippen LogP contribution in [0.25, 0.3) is 0 Å². The van der Waals surface area contributed by atoms with Crippen LogP contribution in [-0.4, -0.2) is 23.2 Å². The standard InChI is InChI=1S/C17H19F2NO3S/c1-15(2)16(3)8-9-17(15,23-13(16)22)12(21)20-10-4-6-11(7-5-10)24-14(18)19/h4-7,14H,8-9H2,1-3H3,(H,20,21)/t16-,17+/m0/s1. The Bertz CT molecular complexity index is 692. The van der Waals surface area contributed by atoms with Crippen molar-refractivity contribution in [2.24, 2.45) is 10.8 Å². The molecule has 3 rings (SSSR count). The minimum absolute atomic E-state index is 0.336. The van der Waals surface area contributed by atoms with Crippen molar-refractivity contribution >= 4 is 29.3 Å². The van der Waals surface area contributed by atoms with Crippen LogP contribution in [-0.2, 0) is 14.3 Å². The van der Waals surface area contributed by atoms with Gasteiger partial charge >= 0.3 is 5.97 Å². The number of nitrogens with one attached hydrogen (secondary N) is 1. The fraction of sp³-hybridized carbons (Fsp3) is 0.529. The van der Waals surface area contributed by atoms with Gasteiger partial charge < -0.3 is 10.1 Å². The third-order valence-electron chi connectivity index (χ3n) is 5.79. The zero-order chi connectivity index (χ0) is 17.8. The van der Waals surface area contributed by atoms with Gasteiger partial charge in [-0.3, -0.25) is 9.59 Å². The summed E-state index contributed by atoms with van der Waals surface area (Å²) in [6, 6.07) is 6.18. The number of esters is 1. The van der Waals surface area contributed by atoms with Crippen molar-refractivity contribution in [3.63, 3.8) is 0 Å². The maximum atomic E-state index is 12.8. The summed E-state index contributed by atoms with van der Waals surface area (Å²) in [6.45, 7) is 5.60. The number of anilines is 1. The number of ether oxygens (including phenoxy) is 1. The molecule has 2 atom stereocenters. The Morgan fingerprint density at radius 3 is 2.29 bits per heavy atom. The van der Waals surface area contributed by atoms with Gasteiger partial charge in [-0.15, -0.1) is 0 Å². The van der Waals surface area contributed by atoms with Crippen molar-refractivity contribution in [2.45, 2.75) is 49.9 Å². The molecule has 1 aromatic rings. The minimum atomic E-state index is -2.49. The summed E-state index contributed by atoms with van der Waals surface area (Å²) in [6.07, 6.45) is 1.09. The molecular formula is C17H19F2NO3S. The molecule has 0 spiro atoms. The van der Waals surface area contributed by atoms with E-state index >= 15 is 0 Å². The number of rotatable bonds is 4. The van der Waals surface area contributed by atoms with Crippen LogP contribution < -0.4 is 5.32 Å². The molecule has 7 heteroatoms. The molecule has 1 aliphatic carbocycles. The molecule has 1 aliphatic heterocycles. The van der Waals surface area contributed by atoms with Crippen LogP contribution in [0.4, 0.5) is 14.5 Å². The SMILES string of the molecule is CC1(C)[C@@]2(C)CC[C@]1(C(=O)Nc1ccc(SC(F)F)cc1)OC2=O. The topological polar surface area (TPSA) is 55.4 Å². The Balaban J connectivity index is 1.79. The zero-order valence-electron chi connectivity index (χ0n) is 13.7. The quantitative estimate of drug-likeness (QED) is 0.654. The highest BCUT2D eigenvalue weighted by Crippen LogP contribution is 2.65. The molecule has 1 amide bonds. The molecule has 24 heavy (non-hydrogen) atoms. The monoisotopic (exact) mass is 355 g/mol. The molecule has 0 aromatic heterocycles. The number of halogens is 2. The van der Waals surface area contributed by atoms with Gasteiger partial charge in [0.25, 0.3) is 11.7 Å². The van der Waals surface area contributed by atoms with Crippen LogP contribution in [0, 0.1) is 10.8 Å². The molecule has 1 heterocycles. The summed E-state index contributed by atoms with van der Waals surface area (Å²) in [5, 5.41) is 2.76. The molecular weight excluding hydrogens is 336 g/mol. The summed E-state index contributed by atoms with van der Waals surface area (Å²) in [4.78, 5) is 25.5. The van der Waals surface area contributed by atoms with E-state index in [0.29, 0.717) is 35.2 Å². The number of alkyl halides is 2. The average Bonchev–Trinajstić information content (AvgIpc) is 2.79. The van der Waals surface area contributed by atoms with E-state index < -0.39 is 22.2 Å². The van der Waals surface area contributed by atoms with Gasteiger partial charge in [0.15, 0.2) is 5.60 Å². The van der Waals surface area contributed by atoms with E-state index in [1.807, 2.05) is 20.8 Å². The first-order chi connectivity index (χ1) is 11.1. The second-order valence-electron chi connectivity index (χ2n) is 7.03. The fourth-order valence-corrected chi connectivity index (χ4v) is 4.20. The molecule has 2 bridgehead atoms. The third-order valence-corrected chi connectivity index (χ3v) is 6.51. The van der Waals surface area contributed by atoms with Gasteiger partial charge in [0.2, 0.25) is 0 Å². The normalized spacial score (nSPS) is 30.5. The maximum absolute atomic E-state index is 12.8. The van der Waals surface area contributed by atoms with Crippen molar-refractivity contribution in [3.05, 3.63) is 24.3 Å². The van der Waals surface area contributed by atoms with Crippen LogP contribution in [0.2, 0.25) is 0 Å². The van der Waals surface area contributed by atoms with E-state index in [2.05, 4.69) is 5.32 Å². The lowest BCUT2D eigenvalue weighted by Gasteiger charge is -2.35. The number of hydrogen-bond donors (Lipinski definition) is 1. The van der Waals surface area contributed by atoms with Crippen LogP contribution in [0.1, 0.15) is 33.6 Å². The Hall–Kier alpha value is -1.63. The lowest BCUT2D eigenvalue weighted by molar-refractivity contribution is -0.165. The summed E-state index contributed by atoms with van der Waals surface area (Å²) < 4.78 is 30.2. The number of fused-ring (bicyclic) bond motifs is 2. The number of hydrogen-bond acceptors (Lipinski definition) is 4. The second-order valence-corrected chi connectivity index (χ2v) is 8.09. The first kappa shape index (κ1) is 17.2. The predicted octanol–water partition coefficient (Wildman–Crippen LogP) is 4.06. The lowest BCUT2D eigenvalue weighted by Crippen LogP contribution is -2.50. The Labute approximate surface area is 143 Å². The van der Waals surface area contributed by atoms with Crippen molar-refractivity contribution in [1.29, 1.82) is 0 Å². The highest BCUT2D eigenvalue weighted by molar-refractivity contribution is 7.99. The van der Waals surface area contributed by atoms with E-state index in [4.69, 9.17) is 4.74 Å². The van der Waals surface area contributed by atoms with Gasteiger partial charge in [-0.2, -0.15) is 8.78 Å². The second kappa shape index (κ2) is 5.44. The number of thioether (sulfide) groups is 1. The highest BCUT2D eigenvalue weighted by Gasteiger charge is 2.75. The van der Waals surface area contributed by atoms with Crippen LogP contribution in [0.15, 0.2) is 29.2 Å². The molecule has 0 radical (unpaired) electrons. The first-order valence-corrected chi connectivity index (χ1v) is 8.60. The zero-order valence-corrected chi connectivity index (χ0v) is 14.5. The minimum Gasteiger partial charge on any atom is -0.448 e. The van der Waals surface area contributed by atoms with Crippen LogP contribution in [0.3, 0.4) is 0 Å². The van der Waals surface area contributed by atoms with Gasteiger partial charge in [0.1, 0.15) is 0 Å². The molecule has 4 nitrogen and oxygen atoms in total.